The molecule has 0 N–H and O–H groups in total. The number of nitrogens with zero attached hydrogens (tertiary/aromatic N) is 3. The van der Waals surface area contributed by atoms with Crippen molar-refractivity contribution in [1.82, 2.24) is 9.90 Å². The number of aromatic nitrogens is 3. The Labute approximate surface area is 77.2 Å². The van der Waals surface area contributed by atoms with Gasteiger partial charge in [-0.15, -0.1) is 9.36 Å². The van der Waals surface area contributed by atoms with E-state index in [0.717, 1.165) is 5.69 Å². The summed E-state index contributed by atoms with van der Waals surface area (Å²) in [6.07, 6.45) is 3.85. The lowest BCUT2D eigenvalue weighted by Gasteiger charge is -1.93. The average molecular weight is 174 g/mol. The molecule has 2 rings (SSSR count). The molecule has 0 atom stereocenters. The Morgan fingerprint density at radius 1 is 1.23 bits per heavy atom. The summed E-state index contributed by atoms with van der Waals surface area (Å²) in [7, 11) is 1.91. The fraction of sp³-hybridized carbons (Fsp3) is 0.200. The Bertz CT molecular complexity index is 400. The molecule has 0 unspecified atom stereocenters. The lowest BCUT2D eigenvalue weighted by Crippen LogP contribution is -2.30. The quantitative estimate of drug-likeness (QED) is 0.591. The second-order valence-electron chi connectivity index (χ2n) is 3.14. The minimum atomic E-state index is 1.09. The van der Waals surface area contributed by atoms with Crippen LogP contribution in [0, 0.1) is 6.92 Å². The molecule has 0 spiro atoms. The van der Waals surface area contributed by atoms with Crippen LogP contribution < -0.4 is 4.68 Å². The Hall–Kier alpha value is -1.64. The Kier molecular flexibility index (Phi) is 1.85. The average Bonchev–Trinajstić information content (AvgIpc) is 2.53. The Morgan fingerprint density at radius 2 is 1.92 bits per heavy atom. The molecule has 3 heteroatoms. The van der Waals surface area contributed by atoms with Crippen LogP contribution in [0.5, 0.6) is 0 Å². The summed E-state index contributed by atoms with van der Waals surface area (Å²) >= 11 is 0. The highest BCUT2D eigenvalue weighted by atomic mass is 15.5. The summed E-state index contributed by atoms with van der Waals surface area (Å²) in [6, 6.07) is 8.28. The van der Waals surface area contributed by atoms with E-state index >= 15 is 0 Å². The number of aryl methyl sites for hydroxylation is 2. The van der Waals surface area contributed by atoms with Crippen LogP contribution in [-0.2, 0) is 7.05 Å². The maximum absolute atomic E-state index is 4.24. The van der Waals surface area contributed by atoms with Crippen LogP contribution in [0.2, 0.25) is 0 Å². The minimum absolute atomic E-state index is 1.09. The lowest BCUT2D eigenvalue weighted by atomic mass is 10.2. The van der Waals surface area contributed by atoms with E-state index in [1.165, 1.54) is 5.56 Å². The molecule has 0 aliphatic heterocycles. The van der Waals surface area contributed by atoms with Crippen molar-refractivity contribution in [3.63, 3.8) is 0 Å². The van der Waals surface area contributed by atoms with E-state index in [9.17, 15) is 0 Å². The molecule has 0 saturated carbocycles. The summed E-state index contributed by atoms with van der Waals surface area (Å²) in [5, 5.41) is 4.24. The van der Waals surface area contributed by atoms with E-state index in [-0.39, 0.29) is 0 Å². The molecule has 0 bridgehead atoms. The van der Waals surface area contributed by atoms with E-state index in [0.29, 0.717) is 0 Å². The zero-order chi connectivity index (χ0) is 9.26. The first-order chi connectivity index (χ1) is 6.25. The van der Waals surface area contributed by atoms with E-state index in [1.54, 1.807) is 4.68 Å². The number of hydrogen-bond acceptors (Lipinski definition) is 1. The minimum Gasteiger partial charge on any atom is -0.140 e. The Balaban J connectivity index is 2.41. The highest BCUT2D eigenvalue weighted by Gasteiger charge is 2.04. The van der Waals surface area contributed by atoms with Gasteiger partial charge in [0, 0.05) is 0 Å². The maximum atomic E-state index is 4.24. The zero-order valence-corrected chi connectivity index (χ0v) is 7.81. The molecule has 3 nitrogen and oxygen atoms in total. The fourth-order valence-corrected chi connectivity index (χ4v) is 1.21. The molecule has 0 amide bonds. The van der Waals surface area contributed by atoms with Gasteiger partial charge in [-0.1, -0.05) is 17.7 Å². The molecule has 0 aliphatic rings. The normalized spacial score (nSPS) is 10.3. The second-order valence-corrected chi connectivity index (χ2v) is 3.14. The first kappa shape index (κ1) is 7.98. The third-order valence-corrected chi connectivity index (χ3v) is 1.96. The van der Waals surface area contributed by atoms with Crippen molar-refractivity contribution in [3.05, 3.63) is 42.2 Å². The molecule has 0 radical (unpaired) electrons. The van der Waals surface area contributed by atoms with Crippen molar-refractivity contribution in [3.8, 4) is 5.69 Å². The fourth-order valence-electron chi connectivity index (χ4n) is 1.21. The third kappa shape index (κ3) is 1.59. The largest absolute Gasteiger partial charge is 0.161 e. The van der Waals surface area contributed by atoms with Crippen LogP contribution in [0.4, 0.5) is 0 Å². The predicted octanol–water partition coefficient (Wildman–Crippen LogP) is 1.01. The smallest absolute Gasteiger partial charge is 0.140 e. The molecule has 0 fully saturated rings. The van der Waals surface area contributed by atoms with Gasteiger partial charge in [-0.2, -0.15) is 0 Å². The zero-order valence-electron chi connectivity index (χ0n) is 7.81. The van der Waals surface area contributed by atoms with Crippen LogP contribution in [0.25, 0.3) is 5.69 Å². The van der Waals surface area contributed by atoms with Gasteiger partial charge in [-0.3, -0.25) is 0 Å². The molecule has 13 heavy (non-hydrogen) atoms. The van der Waals surface area contributed by atoms with Gasteiger partial charge < -0.3 is 0 Å². The van der Waals surface area contributed by atoms with Gasteiger partial charge in [0.15, 0.2) is 18.1 Å². The summed E-state index contributed by atoms with van der Waals surface area (Å²) in [5.41, 5.74) is 2.35. The van der Waals surface area contributed by atoms with Crippen molar-refractivity contribution >= 4 is 0 Å². The topological polar surface area (TPSA) is 21.7 Å². The first-order valence-corrected chi connectivity index (χ1v) is 4.24. The van der Waals surface area contributed by atoms with Crippen molar-refractivity contribution in [1.29, 1.82) is 0 Å². The standard InChI is InChI=1S/C10H12N3/c1-9-3-5-10(6-4-9)13-8-7-12(2)11-13/h3-8H,1-2H3/q+1. The molecule has 1 aromatic carbocycles. The predicted molar refractivity (Wildman–Crippen MR) is 49.5 cm³/mol. The molecule has 0 saturated heterocycles. The molecular weight excluding hydrogens is 162 g/mol. The second kappa shape index (κ2) is 3.01. The molecule has 0 aliphatic carbocycles. The van der Waals surface area contributed by atoms with Crippen molar-refractivity contribution in [2.75, 3.05) is 0 Å². The van der Waals surface area contributed by atoms with E-state index in [1.807, 2.05) is 24.1 Å². The molecule has 1 aromatic heterocycles. The molecular formula is C10H12N3+. The van der Waals surface area contributed by atoms with Crippen LogP contribution in [-0.4, -0.2) is 9.90 Å². The van der Waals surface area contributed by atoms with E-state index < -0.39 is 0 Å². The van der Waals surface area contributed by atoms with Gasteiger partial charge in [0.1, 0.15) is 7.05 Å². The van der Waals surface area contributed by atoms with E-state index in [2.05, 4.69) is 36.4 Å². The van der Waals surface area contributed by atoms with Gasteiger partial charge in [0.25, 0.3) is 0 Å². The van der Waals surface area contributed by atoms with Gasteiger partial charge in [-0.25, -0.2) is 0 Å². The first-order valence-electron chi connectivity index (χ1n) is 4.24. The van der Waals surface area contributed by atoms with Crippen molar-refractivity contribution in [2.45, 2.75) is 6.92 Å². The molecule has 1 heterocycles. The molecule has 2 aromatic rings. The summed E-state index contributed by atoms with van der Waals surface area (Å²) in [6.45, 7) is 2.08. The maximum Gasteiger partial charge on any atom is 0.161 e. The number of benzene rings is 1. The van der Waals surface area contributed by atoms with Gasteiger partial charge in [-0.05, 0) is 19.1 Å². The third-order valence-electron chi connectivity index (χ3n) is 1.96. The number of hydrogen-bond donors (Lipinski definition) is 0. The van der Waals surface area contributed by atoms with Gasteiger partial charge in [0.05, 0.1) is 5.21 Å². The van der Waals surface area contributed by atoms with Gasteiger partial charge in [0.2, 0.25) is 0 Å². The summed E-state index contributed by atoms with van der Waals surface area (Å²) in [5.74, 6) is 0. The Morgan fingerprint density at radius 3 is 2.46 bits per heavy atom. The van der Waals surface area contributed by atoms with Gasteiger partial charge >= 0.3 is 0 Å². The molecule has 66 valence electrons. The van der Waals surface area contributed by atoms with Crippen molar-refractivity contribution in [2.24, 2.45) is 7.05 Å². The number of rotatable bonds is 1. The SMILES string of the molecule is Cc1ccc(-n2cc[n+](C)n2)cc1. The summed E-state index contributed by atoms with van der Waals surface area (Å²) < 4.78 is 3.62. The van der Waals surface area contributed by atoms with Crippen LogP contribution in [0.15, 0.2) is 36.7 Å². The lowest BCUT2D eigenvalue weighted by molar-refractivity contribution is -0.731. The highest BCUT2D eigenvalue weighted by molar-refractivity contribution is 5.32. The van der Waals surface area contributed by atoms with Crippen LogP contribution in [0.3, 0.4) is 0 Å². The van der Waals surface area contributed by atoms with Crippen LogP contribution >= 0.6 is 0 Å². The van der Waals surface area contributed by atoms with E-state index in [4.69, 9.17) is 0 Å². The van der Waals surface area contributed by atoms with Crippen LogP contribution in [0.1, 0.15) is 5.56 Å². The van der Waals surface area contributed by atoms with Crippen molar-refractivity contribution < 1.29 is 4.68 Å². The summed E-state index contributed by atoms with van der Waals surface area (Å²) in [4.78, 5) is 0. The monoisotopic (exact) mass is 174 g/mol. The highest BCUT2D eigenvalue weighted by Crippen LogP contribution is 2.05.